The zero-order valence-corrected chi connectivity index (χ0v) is 16.2. The van der Waals surface area contributed by atoms with Crippen LogP contribution in [0.4, 0.5) is 0 Å². The van der Waals surface area contributed by atoms with Crippen molar-refractivity contribution in [3.8, 4) is 0 Å². The van der Waals surface area contributed by atoms with Gasteiger partial charge in [-0.3, -0.25) is 14.6 Å². The van der Waals surface area contributed by atoms with Gasteiger partial charge in [0.2, 0.25) is 0 Å². The van der Waals surface area contributed by atoms with Crippen molar-refractivity contribution < 1.29 is 14.3 Å². The highest BCUT2D eigenvalue weighted by Gasteiger charge is 2.07. The number of benzene rings is 1. The van der Waals surface area contributed by atoms with Crippen LogP contribution < -0.4 is 10.6 Å². The topological polar surface area (TPSA) is 83.0 Å². The van der Waals surface area contributed by atoms with Crippen molar-refractivity contribution in [2.24, 2.45) is 4.99 Å². The number of nitrogens with one attached hydrogen (secondary N) is 2. The molecular formula is C19H30N4O3. The lowest BCUT2D eigenvalue weighted by Crippen LogP contribution is -2.37. The Labute approximate surface area is 155 Å². The van der Waals surface area contributed by atoms with Crippen LogP contribution >= 0.6 is 0 Å². The number of ether oxygens (including phenoxy) is 1. The Morgan fingerprint density at radius 1 is 1.08 bits per heavy atom. The fourth-order valence-electron chi connectivity index (χ4n) is 2.31. The molecule has 26 heavy (non-hydrogen) atoms. The summed E-state index contributed by atoms with van der Waals surface area (Å²) >= 11 is 0. The molecule has 0 spiro atoms. The summed E-state index contributed by atoms with van der Waals surface area (Å²) in [5.41, 5.74) is 1.74. The number of hydrogen-bond acceptors (Lipinski definition) is 4. The molecular weight excluding hydrogens is 332 g/mol. The quantitative estimate of drug-likeness (QED) is 0.303. The van der Waals surface area contributed by atoms with E-state index < -0.39 is 0 Å². The number of carbonyl (C=O) groups excluding carboxylic acids is 2. The molecule has 0 unspecified atom stereocenters. The van der Waals surface area contributed by atoms with E-state index in [1.165, 1.54) is 7.11 Å². The van der Waals surface area contributed by atoms with Gasteiger partial charge in [-0.25, -0.2) is 0 Å². The lowest BCUT2D eigenvalue weighted by molar-refractivity contribution is -0.140. The number of carbonyl (C=O) groups is 2. The first-order chi connectivity index (χ1) is 12.5. The van der Waals surface area contributed by atoms with E-state index in [0.717, 1.165) is 37.3 Å². The van der Waals surface area contributed by atoms with E-state index >= 15 is 0 Å². The van der Waals surface area contributed by atoms with E-state index in [0.29, 0.717) is 18.5 Å². The molecule has 0 atom stereocenters. The van der Waals surface area contributed by atoms with Crippen LogP contribution in [0.3, 0.4) is 0 Å². The van der Waals surface area contributed by atoms with E-state index in [9.17, 15) is 9.59 Å². The molecule has 0 bridgehead atoms. The van der Waals surface area contributed by atoms with Gasteiger partial charge in [-0.2, -0.15) is 0 Å². The first kappa shape index (κ1) is 21.5. The van der Waals surface area contributed by atoms with E-state index in [2.05, 4.69) is 20.4 Å². The number of guanidine groups is 1. The van der Waals surface area contributed by atoms with Gasteiger partial charge in [0, 0.05) is 46.2 Å². The smallest absolute Gasteiger partial charge is 0.305 e. The Hall–Kier alpha value is -2.57. The molecule has 0 saturated heterocycles. The number of amides is 1. The molecule has 0 aliphatic rings. The molecule has 1 rings (SSSR count). The van der Waals surface area contributed by atoms with Crippen LogP contribution in [0.2, 0.25) is 0 Å². The number of esters is 1. The molecule has 7 heteroatoms. The van der Waals surface area contributed by atoms with Crippen LogP contribution in [0.5, 0.6) is 0 Å². The van der Waals surface area contributed by atoms with Crippen molar-refractivity contribution in [3.05, 3.63) is 35.4 Å². The van der Waals surface area contributed by atoms with Gasteiger partial charge >= 0.3 is 5.97 Å². The van der Waals surface area contributed by atoms with Crippen LogP contribution in [0.25, 0.3) is 0 Å². The van der Waals surface area contributed by atoms with Gasteiger partial charge in [-0.15, -0.1) is 0 Å². The third-order valence-electron chi connectivity index (χ3n) is 3.87. The molecule has 1 aromatic carbocycles. The predicted molar refractivity (Wildman–Crippen MR) is 103 cm³/mol. The molecule has 7 nitrogen and oxygen atoms in total. The third-order valence-corrected chi connectivity index (χ3v) is 3.87. The molecule has 1 amide bonds. The molecule has 0 aliphatic carbocycles. The largest absolute Gasteiger partial charge is 0.469 e. The van der Waals surface area contributed by atoms with Gasteiger partial charge in [0.15, 0.2) is 5.96 Å². The summed E-state index contributed by atoms with van der Waals surface area (Å²) in [5, 5.41) is 6.49. The average molecular weight is 362 g/mol. The highest BCUT2D eigenvalue weighted by molar-refractivity contribution is 5.93. The van der Waals surface area contributed by atoms with Gasteiger partial charge in [0.1, 0.15) is 0 Å². The first-order valence-electron chi connectivity index (χ1n) is 8.80. The predicted octanol–water partition coefficient (Wildman–Crippen LogP) is 1.79. The second kappa shape index (κ2) is 11.9. The lowest BCUT2D eigenvalue weighted by atomic mass is 10.1. The van der Waals surface area contributed by atoms with Gasteiger partial charge in [-0.05, 0) is 30.5 Å². The highest BCUT2D eigenvalue weighted by Crippen LogP contribution is 2.06. The van der Waals surface area contributed by atoms with E-state index in [1.54, 1.807) is 26.0 Å². The second-order valence-corrected chi connectivity index (χ2v) is 6.14. The van der Waals surface area contributed by atoms with Crippen molar-refractivity contribution >= 4 is 17.8 Å². The maximum Gasteiger partial charge on any atom is 0.305 e. The van der Waals surface area contributed by atoms with Crippen molar-refractivity contribution in [1.82, 2.24) is 15.5 Å². The van der Waals surface area contributed by atoms with Crippen LogP contribution in [0.1, 0.15) is 41.6 Å². The van der Waals surface area contributed by atoms with Crippen molar-refractivity contribution in [2.45, 2.75) is 32.2 Å². The summed E-state index contributed by atoms with van der Waals surface area (Å²) in [7, 11) is 6.62. The molecule has 0 heterocycles. The standard InChI is InChI=1S/C19H30N4O3/c1-20-19(21-13-7-5-6-8-17(24)26-4)22-14-15-9-11-16(12-10-15)18(25)23(2)3/h9-12H,5-8,13-14H2,1-4H3,(H2,20,21,22). The number of methoxy groups -OCH3 is 1. The minimum Gasteiger partial charge on any atom is -0.469 e. The Bertz CT molecular complexity index is 597. The summed E-state index contributed by atoms with van der Waals surface area (Å²) in [6.45, 7) is 1.41. The SMILES string of the molecule is CN=C(NCCCCCC(=O)OC)NCc1ccc(C(=O)N(C)C)cc1. The van der Waals surface area contributed by atoms with Crippen LogP contribution in [-0.4, -0.2) is 57.5 Å². The maximum atomic E-state index is 11.9. The summed E-state index contributed by atoms with van der Waals surface area (Å²) < 4.78 is 4.61. The highest BCUT2D eigenvalue weighted by atomic mass is 16.5. The second-order valence-electron chi connectivity index (χ2n) is 6.14. The summed E-state index contributed by atoms with van der Waals surface area (Å²) in [6.07, 6.45) is 3.22. The normalized spacial score (nSPS) is 11.0. The Kier molecular flexibility index (Phi) is 9.82. The average Bonchev–Trinajstić information content (AvgIpc) is 2.66. The molecule has 144 valence electrons. The van der Waals surface area contributed by atoms with Crippen LogP contribution in [-0.2, 0) is 16.1 Å². The van der Waals surface area contributed by atoms with E-state index in [-0.39, 0.29) is 11.9 Å². The third kappa shape index (κ3) is 8.00. The number of unbranched alkanes of at least 4 members (excludes halogenated alkanes) is 2. The molecule has 0 saturated carbocycles. The number of hydrogen-bond donors (Lipinski definition) is 2. The Morgan fingerprint density at radius 2 is 1.77 bits per heavy atom. The number of aliphatic imine (C=N–C) groups is 1. The van der Waals surface area contributed by atoms with Crippen molar-refractivity contribution in [1.29, 1.82) is 0 Å². The first-order valence-corrected chi connectivity index (χ1v) is 8.80. The molecule has 2 N–H and O–H groups in total. The molecule has 0 fully saturated rings. The van der Waals surface area contributed by atoms with Gasteiger partial charge in [0.25, 0.3) is 5.91 Å². The number of rotatable bonds is 9. The zero-order valence-electron chi connectivity index (χ0n) is 16.2. The minimum atomic E-state index is -0.159. The minimum absolute atomic E-state index is 0.00538. The summed E-state index contributed by atoms with van der Waals surface area (Å²) in [5.74, 6) is 0.564. The van der Waals surface area contributed by atoms with Crippen LogP contribution in [0, 0.1) is 0 Å². The lowest BCUT2D eigenvalue weighted by Gasteiger charge is -2.13. The Morgan fingerprint density at radius 3 is 2.35 bits per heavy atom. The monoisotopic (exact) mass is 362 g/mol. The summed E-state index contributed by atoms with van der Waals surface area (Å²) in [6, 6.07) is 7.53. The van der Waals surface area contributed by atoms with Crippen molar-refractivity contribution in [3.63, 3.8) is 0 Å². The van der Waals surface area contributed by atoms with Gasteiger partial charge in [0.05, 0.1) is 7.11 Å². The maximum absolute atomic E-state index is 11.9. The van der Waals surface area contributed by atoms with E-state index in [4.69, 9.17) is 0 Å². The molecule has 0 aromatic heterocycles. The zero-order chi connectivity index (χ0) is 19.4. The van der Waals surface area contributed by atoms with Gasteiger partial charge < -0.3 is 20.3 Å². The molecule has 1 aromatic rings. The molecule has 0 radical (unpaired) electrons. The number of nitrogens with zero attached hydrogens (tertiary/aromatic N) is 2. The Balaban J connectivity index is 2.29. The molecule has 0 aliphatic heterocycles. The fourth-order valence-corrected chi connectivity index (χ4v) is 2.31. The van der Waals surface area contributed by atoms with Gasteiger partial charge in [-0.1, -0.05) is 18.6 Å². The summed E-state index contributed by atoms with van der Waals surface area (Å²) in [4.78, 5) is 28.6. The van der Waals surface area contributed by atoms with Crippen molar-refractivity contribution in [2.75, 3.05) is 34.8 Å². The van der Waals surface area contributed by atoms with E-state index in [1.807, 2.05) is 24.3 Å². The fraction of sp³-hybridized carbons (Fsp3) is 0.526. The van der Waals surface area contributed by atoms with Crippen LogP contribution in [0.15, 0.2) is 29.3 Å².